The number of hydrogen-bond acceptors (Lipinski definition) is 3. The van der Waals surface area contributed by atoms with Gasteiger partial charge in [-0.15, -0.1) is 0 Å². The third-order valence-corrected chi connectivity index (χ3v) is 6.55. The van der Waals surface area contributed by atoms with Gasteiger partial charge in [-0.05, 0) is 72.7 Å². The van der Waals surface area contributed by atoms with Gasteiger partial charge in [-0.1, -0.05) is 6.07 Å². The number of aryl methyl sites for hydroxylation is 2. The van der Waals surface area contributed by atoms with E-state index >= 15 is 0 Å². The van der Waals surface area contributed by atoms with Crippen LogP contribution in [0.5, 0.6) is 0 Å². The molecular formula is C21H23N3O3S. The minimum atomic E-state index is -3.64. The molecule has 0 saturated heterocycles. The Morgan fingerprint density at radius 2 is 2.00 bits per heavy atom. The molecule has 4 rings (SSSR count). The van der Waals surface area contributed by atoms with Crippen LogP contribution in [0.25, 0.3) is 10.9 Å². The van der Waals surface area contributed by atoms with Crippen LogP contribution in [-0.2, 0) is 27.8 Å². The summed E-state index contributed by atoms with van der Waals surface area (Å²) in [4.78, 5) is 17.0. The molecule has 0 radical (unpaired) electrons. The monoisotopic (exact) mass is 397 g/mol. The molecule has 3 aromatic rings. The lowest BCUT2D eigenvalue weighted by molar-refractivity contribution is -0.116. The summed E-state index contributed by atoms with van der Waals surface area (Å²) in [7, 11) is -3.64. The van der Waals surface area contributed by atoms with Gasteiger partial charge in [-0.3, -0.25) is 4.79 Å². The van der Waals surface area contributed by atoms with Gasteiger partial charge in [-0.2, -0.15) is 0 Å². The summed E-state index contributed by atoms with van der Waals surface area (Å²) in [6.45, 7) is 4.42. The van der Waals surface area contributed by atoms with E-state index < -0.39 is 10.0 Å². The molecular weight excluding hydrogens is 374 g/mol. The molecule has 1 amide bonds. The minimum absolute atomic E-state index is 0.0231. The van der Waals surface area contributed by atoms with Crippen LogP contribution in [0.4, 0.5) is 5.69 Å². The third kappa shape index (κ3) is 3.55. The van der Waals surface area contributed by atoms with Crippen molar-refractivity contribution in [3.63, 3.8) is 0 Å². The standard InChI is InChI=1S/C21H23N3O3S/c1-14-10-18-11-16(5-7-20(18)23-14)13-22-28(26,27)19-6-8-21-17(12-19)4-3-9-24(21)15(2)25/h5-8,10-12,22-23H,3-4,9,13H2,1-2H3. The number of amides is 1. The second-order valence-electron chi connectivity index (χ2n) is 7.26. The maximum atomic E-state index is 12.8. The van der Waals surface area contributed by atoms with E-state index in [1.165, 1.54) is 6.92 Å². The molecule has 0 bridgehead atoms. The first-order chi connectivity index (χ1) is 13.3. The quantitative estimate of drug-likeness (QED) is 0.709. The topological polar surface area (TPSA) is 82.3 Å². The maximum Gasteiger partial charge on any atom is 0.240 e. The summed E-state index contributed by atoms with van der Waals surface area (Å²) in [5, 5.41) is 1.06. The van der Waals surface area contributed by atoms with Gasteiger partial charge >= 0.3 is 0 Å². The van der Waals surface area contributed by atoms with Crippen molar-refractivity contribution in [3.8, 4) is 0 Å². The van der Waals surface area contributed by atoms with E-state index in [-0.39, 0.29) is 17.3 Å². The minimum Gasteiger partial charge on any atom is -0.359 e. The van der Waals surface area contributed by atoms with E-state index in [0.29, 0.717) is 6.54 Å². The molecule has 0 atom stereocenters. The molecule has 2 heterocycles. The zero-order chi connectivity index (χ0) is 19.9. The summed E-state index contributed by atoms with van der Waals surface area (Å²) >= 11 is 0. The molecule has 7 heteroatoms. The Morgan fingerprint density at radius 1 is 1.18 bits per heavy atom. The van der Waals surface area contributed by atoms with Gasteiger partial charge in [-0.25, -0.2) is 13.1 Å². The van der Waals surface area contributed by atoms with Crippen molar-refractivity contribution >= 4 is 32.5 Å². The highest BCUT2D eigenvalue weighted by Gasteiger charge is 2.23. The Hall–Kier alpha value is -2.64. The molecule has 2 N–H and O–H groups in total. The number of aromatic amines is 1. The van der Waals surface area contributed by atoms with Crippen molar-refractivity contribution in [3.05, 3.63) is 59.3 Å². The Kier molecular flexibility index (Phi) is 4.72. The van der Waals surface area contributed by atoms with E-state index in [4.69, 9.17) is 0 Å². The van der Waals surface area contributed by atoms with Crippen molar-refractivity contribution < 1.29 is 13.2 Å². The smallest absolute Gasteiger partial charge is 0.240 e. The van der Waals surface area contributed by atoms with Crippen molar-refractivity contribution in [1.29, 1.82) is 0 Å². The normalized spacial score (nSPS) is 14.3. The number of nitrogens with zero attached hydrogens (tertiary/aromatic N) is 1. The van der Waals surface area contributed by atoms with E-state index in [0.717, 1.165) is 46.3 Å². The summed E-state index contributed by atoms with van der Waals surface area (Å²) < 4.78 is 28.2. The molecule has 0 aliphatic carbocycles. The first-order valence-electron chi connectivity index (χ1n) is 9.32. The van der Waals surface area contributed by atoms with Crippen LogP contribution in [0.2, 0.25) is 0 Å². The lowest BCUT2D eigenvalue weighted by atomic mass is 10.0. The van der Waals surface area contributed by atoms with Crippen LogP contribution in [0.3, 0.4) is 0 Å². The highest BCUT2D eigenvalue weighted by Crippen LogP contribution is 2.29. The van der Waals surface area contributed by atoms with Crippen LogP contribution in [0.1, 0.15) is 30.2 Å². The van der Waals surface area contributed by atoms with Gasteiger partial charge in [0.25, 0.3) is 0 Å². The Balaban J connectivity index is 1.55. The summed E-state index contributed by atoms with van der Waals surface area (Å²) in [5.74, 6) is -0.0231. The number of anilines is 1. The summed E-state index contributed by atoms with van der Waals surface area (Å²) in [6, 6.07) is 12.9. The number of hydrogen-bond donors (Lipinski definition) is 2. The maximum absolute atomic E-state index is 12.8. The molecule has 28 heavy (non-hydrogen) atoms. The number of H-pyrrole nitrogens is 1. The Bertz CT molecular complexity index is 1160. The van der Waals surface area contributed by atoms with Gasteiger partial charge in [0, 0.05) is 36.9 Å². The molecule has 1 aromatic heterocycles. The van der Waals surface area contributed by atoms with E-state index in [9.17, 15) is 13.2 Å². The van der Waals surface area contributed by atoms with Gasteiger partial charge in [0.15, 0.2) is 0 Å². The van der Waals surface area contributed by atoms with Gasteiger partial charge < -0.3 is 9.88 Å². The average molecular weight is 398 g/mol. The third-order valence-electron chi connectivity index (χ3n) is 5.15. The van der Waals surface area contributed by atoms with Crippen molar-refractivity contribution in [2.75, 3.05) is 11.4 Å². The van der Waals surface area contributed by atoms with Gasteiger partial charge in [0.05, 0.1) is 4.90 Å². The fourth-order valence-electron chi connectivity index (χ4n) is 3.77. The lowest BCUT2D eigenvalue weighted by Gasteiger charge is -2.28. The summed E-state index contributed by atoms with van der Waals surface area (Å²) in [6.07, 6.45) is 1.60. The second-order valence-corrected chi connectivity index (χ2v) is 9.03. The number of fused-ring (bicyclic) bond motifs is 2. The SMILES string of the molecule is CC(=O)N1CCCc2cc(S(=O)(=O)NCc3ccc4[nH]c(C)cc4c3)ccc21. The largest absolute Gasteiger partial charge is 0.359 e. The fraction of sp³-hybridized carbons (Fsp3) is 0.286. The molecule has 2 aromatic carbocycles. The van der Waals surface area contributed by atoms with Crippen LogP contribution in [0, 0.1) is 6.92 Å². The summed E-state index contributed by atoms with van der Waals surface area (Å²) in [5.41, 5.74) is 4.71. The fourth-order valence-corrected chi connectivity index (χ4v) is 4.83. The highest BCUT2D eigenvalue weighted by molar-refractivity contribution is 7.89. The number of carbonyl (C=O) groups excluding carboxylic acids is 1. The molecule has 1 aliphatic heterocycles. The predicted octanol–water partition coefficient (Wildman–Crippen LogP) is 3.25. The van der Waals surface area contributed by atoms with Crippen LogP contribution in [-0.4, -0.2) is 25.9 Å². The number of rotatable bonds is 4. The molecule has 0 fully saturated rings. The van der Waals surface area contributed by atoms with Crippen molar-refractivity contribution in [2.45, 2.75) is 38.1 Å². The second kappa shape index (κ2) is 7.07. The zero-order valence-corrected chi connectivity index (χ0v) is 16.8. The average Bonchev–Trinajstić information content (AvgIpc) is 3.04. The molecule has 0 saturated carbocycles. The molecule has 0 spiro atoms. The van der Waals surface area contributed by atoms with E-state index in [1.807, 2.05) is 31.2 Å². The molecule has 0 unspecified atom stereocenters. The Labute approximate surface area is 164 Å². The molecule has 6 nitrogen and oxygen atoms in total. The van der Waals surface area contributed by atoms with Crippen LogP contribution in [0.15, 0.2) is 47.4 Å². The van der Waals surface area contributed by atoms with Crippen molar-refractivity contribution in [1.82, 2.24) is 9.71 Å². The van der Waals surface area contributed by atoms with Crippen LogP contribution >= 0.6 is 0 Å². The molecule has 1 aliphatic rings. The first kappa shape index (κ1) is 18.7. The lowest BCUT2D eigenvalue weighted by Crippen LogP contribution is -2.33. The number of aromatic nitrogens is 1. The highest BCUT2D eigenvalue weighted by atomic mass is 32.2. The predicted molar refractivity (Wildman–Crippen MR) is 110 cm³/mol. The van der Waals surface area contributed by atoms with Gasteiger partial charge in [0.1, 0.15) is 0 Å². The van der Waals surface area contributed by atoms with Crippen LogP contribution < -0.4 is 9.62 Å². The number of nitrogens with one attached hydrogen (secondary N) is 2. The van der Waals surface area contributed by atoms with E-state index in [1.54, 1.807) is 23.1 Å². The number of benzene rings is 2. The van der Waals surface area contributed by atoms with Gasteiger partial charge in [0.2, 0.25) is 15.9 Å². The van der Waals surface area contributed by atoms with Crippen molar-refractivity contribution in [2.24, 2.45) is 0 Å². The zero-order valence-electron chi connectivity index (χ0n) is 16.0. The van der Waals surface area contributed by atoms with E-state index in [2.05, 4.69) is 9.71 Å². The molecule has 146 valence electrons. The number of carbonyl (C=O) groups is 1. The number of sulfonamides is 1. The Morgan fingerprint density at radius 3 is 2.79 bits per heavy atom. The first-order valence-corrected chi connectivity index (χ1v) is 10.8.